The maximum atomic E-state index is 12.9. The molecule has 0 spiro atoms. The molecule has 1 unspecified atom stereocenters. The molecular formula is C77H128O6. The van der Waals surface area contributed by atoms with E-state index in [9.17, 15) is 14.4 Å². The van der Waals surface area contributed by atoms with Crippen LogP contribution in [-0.2, 0) is 28.6 Å². The molecule has 0 aromatic carbocycles. The zero-order valence-electron chi connectivity index (χ0n) is 54.2. The second kappa shape index (κ2) is 70.0. The third-order valence-corrected chi connectivity index (χ3v) is 14.6. The Morgan fingerprint density at radius 1 is 0.253 bits per heavy atom. The van der Waals surface area contributed by atoms with Gasteiger partial charge in [-0.15, -0.1) is 0 Å². The number of carbonyl (C=O) groups excluding carboxylic acids is 3. The summed E-state index contributed by atoms with van der Waals surface area (Å²) in [7, 11) is 0. The summed E-state index contributed by atoms with van der Waals surface area (Å²) in [5.74, 6) is -0.961. The van der Waals surface area contributed by atoms with Gasteiger partial charge >= 0.3 is 17.9 Å². The summed E-state index contributed by atoms with van der Waals surface area (Å²) in [6.07, 6.45) is 99.0. The van der Waals surface area contributed by atoms with E-state index in [2.05, 4.69) is 154 Å². The lowest BCUT2D eigenvalue weighted by atomic mass is 10.0. The Morgan fingerprint density at radius 2 is 0.482 bits per heavy atom. The highest BCUT2D eigenvalue weighted by molar-refractivity contribution is 5.71. The van der Waals surface area contributed by atoms with Gasteiger partial charge in [-0.1, -0.05) is 315 Å². The van der Waals surface area contributed by atoms with Crippen LogP contribution < -0.4 is 0 Å². The normalized spacial score (nSPS) is 13.0. The van der Waals surface area contributed by atoms with Crippen LogP contribution in [0.4, 0.5) is 0 Å². The number of rotatable bonds is 62. The Morgan fingerprint density at radius 3 is 0.795 bits per heavy atom. The molecule has 1 atom stereocenters. The molecule has 0 bridgehead atoms. The van der Waals surface area contributed by atoms with Crippen molar-refractivity contribution in [1.29, 1.82) is 0 Å². The Hall–Kier alpha value is -4.45. The average Bonchev–Trinajstić information content (AvgIpc) is 3.49. The number of carbonyl (C=O) groups is 3. The van der Waals surface area contributed by atoms with Crippen LogP contribution in [-0.4, -0.2) is 37.2 Å². The van der Waals surface area contributed by atoms with Crippen molar-refractivity contribution in [1.82, 2.24) is 0 Å². The summed E-state index contributed by atoms with van der Waals surface area (Å²) in [6, 6.07) is 0. The molecule has 472 valence electrons. The number of allylic oxidation sites excluding steroid dienone is 22. The van der Waals surface area contributed by atoms with Gasteiger partial charge in [-0.3, -0.25) is 14.4 Å². The molecule has 0 amide bonds. The average molecular weight is 1150 g/mol. The zero-order chi connectivity index (χ0) is 59.9. The highest BCUT2D eigenvalue weighted by Gasteiger charge is 2.19. The van der Waals surface area contributed by atoms with Crippen LogP contribution in [0.3, 0.4) is 0 Å². The summed E-state index contributed by atoms with van der Waals surface area (Å²) in [5.41, 5.74) is 0. The second-order valence-electron chi connectivity index (χ2n) is 22.7. The Balaban J connectivity index is 4.47. The van der Waals surface area contributed by atoms with Crippen LogP contribution in [0.15, 0.2) is 134 Å². The van der Waals surface area contributed by atoms with Gasteiger partial charge in [0.15, 0.2) is 6.10 Å². The standard InChI is InChI=1S/C77H128O6/c1-4-7-10-13-16-19-22-25-28-31-34-35-36-37-38-39-40-41-42-43-44-47-49-52-55-58-61-64-67-70-76(79)82-73-74(83-77(80)71-68-65-62-59-56-53-50-46-33-30-27-24-21-18-15-12-9-6-3)72-81-75(78)69-66-63-60-57-54-51-48-45-32-29-26-23-20-17-14-11-8-5-2/h7,10,16,19,21,24-25,28,30,33-35,37-38,40-41,43-44,49,52,58,61,74H,4-6,8-9,11-15,17-18,20,22-23,26-27,29,31-32,36,39,42,45-48,50-51,53-57,59-60,62-73H2,1-3H3/b10-7-,19-16-,24-21-,28-25-,33-30-,35-34-,38-37-,41-40-,44-43-,52-49-,61-58-. The van der Waals surface area contributed by atoms with Crippen molar-refractivity contribution in [2.75, 3.05) is 13.2 Å². The van der Waals surface area contributed by atoms with E-state index in [1.54, 1.807) is 0 Å². The van der Waals surface area contributed by atoms with Gasteiger partial charge in [-0.2, -0.15) is 0 Å². The highest BCUT2D eigenvalue weighted by atomic mass is 16.6. The molecule has 0 radical (unpaired) electrons. The van der Waals surface area contributed by atoms with E-state index in [1.807, 2.05) is 0 Å². The first-order chi connectivity index (χ1) is 41.0. The maximum Gasteiger partial charge on any atom is 0.306 e. The molecule has 0 aliphatic rings. The fourth-order valence-corrected chi connectivity index (χ4v) is 9.48. The quantitative estimate of drug-likeness (QED) is 0.0261. The molecule has 0 aromatic heterocycles. The molecule has 0 rings (SSSR count). The van der Waals surface area contributed by atoms with Crippen LogP contribution in [0.25, 0.3) is 0 Å². The zero-order valence-corrected chi connectivity index (χ0v) is 54.2. The first-order valence-electron chi connectivity index (χ1n) is 34.7. The van der Waals surface area contributed by atoms with E-state index in [-0.39, 0.29) is 37.5 Å². The molecule has 0 aromatic rings. The molecule has 83 heavy (non-hydrogen) atoms. The third kappa shape index (κ3) is 68.2. The van der Waals surface area contributed by atoms with Crippen LogP contribution >= 0.6 is 0 Å². The molecule has 0 aliphatic carbocycles. The van der Waals surface area contributed by atoms with Gasteiger partial charge in [-0.05, 0) is 116 Å². The van der Waals surface area contributed by atoms with Crippen LogP contribution in [0, 0.1) is 0 Å². The lowest BCUT2D eigenvalue weighted by molar-refractivity contribution is -0.167. The van der Waals surface area contributed by atoms with Crippen molar-refractivity contribution in [2.24, 2.45) is 0 Å². The van der Waals surface area contributed by atoms with Gasteiger partial charge in [0, 0.05) is 19.3 Å². The summed E-state index contributed by atoms with van der Waals surface area (Å²) in [4.78, 5) is 38.4. The summed E-state index contributed by atoms with van der Waals surface area (Å²) in [6.45, 7) is 6.49. The van der Waals surface area contributed by atoms with Gasteiger partial charge in [0.25, 0.3) is 0 Å². The smallest absolute Gasteiger partial charge is 0.306 e. The monoisotopic (exact) mass is 1150 g/mol. The summed E-state index contributed by atoms with van der Waals surface area (Å²) < 4.78 is 16.9. The SMILES string of the molecule is CC/C=C\C/C=C\C/C=C\C/C=C\C/C=C\C/C=C\C/C=C\C/C=C\C/C=C\CCCC(=O)OCC(COC(=O)CCCCCCCCCCCCCCCCCCCC)OC(=O)CCCCCCCCC/C=C\C/C=C\CCCCCC. The number of hydrogen-bond acceptors (Lipinski definition) is 6. The lowest BCUT2D eigenvalue weighted by Crippen LogP contribution is -2.30. The number of unbranched alkanes of at least 4 members (excludes halogenated alkanes) is 29. The Bertz CT molecular complexity index is 1750. The van der Waals surface area contributed by atoms with Crippen molar-refractivity contribution in [3.05, 3.63) is 134 Å². The fourth-order valence-electron chi connectivity index (χ4n) is 9.48. The minimum Gasteiger partial charge on any atom is -0.462 e. The number of esters is 3. The predicted molar refractivity (Wildman–Crippen MR) is 362 cm³/mol. The molecule has 0 saturated carbocycles. The summed E-state index contributed by atoms with van der Waals surface area (Å²) in [5, 5.41) is 0. The predicted octanol–water partition coefficient (Wildman–Crippen LogP) is 24.1. The van der Waals surface area contributed by atoms with Crippen LogP contribution in [0.2, 0.25) is 0 Å². The molecule has 6 nitrogen and oxygen atoms in total. The number of hydrogen-bond donors (Lipinski definition) is 0. The lowest BCUT2D eigenvalue weighted by Gasteiger charge is -2.18. The highest BCUT2D eigenvalue weighted by Crippen LogP contribution is 2.16. The van der Waals surface area contributed by atoms with Crippen LogP contribution in [0.5, 0.6) is 0 Å². The molecular weight excluding hydrogens is 1020 g/mol. The van der Waals surface area contributed by atoms with E-state index in [1.165, 1.54) is 154 Å². The maximum absolute atomic E-state index is 12.9. The van der Waals surface area contributed by atoms with Gasteiger partial charge in [-0.25, -0.2) is 0 Å². The fraction of sp³-hybridized carbons (Fsp3) is 0.675. The topological polar surface area (TPSA) is 78.9 Å². The van der Waals surface area contributed by atoms with E-state index in [4.69, 9.17) is 14.2 Å². The van der Waals surface area contributed by atoms with E-state index >= 15 is 0 Å². The van der Waals surface area contributed by atoms with Crippen molar-refractivity contribution < 1.29 is 28.6 Å². The van der Waals surface area contributed by atoms with E-state index in [0.29, 0.717) is 19.3 Å². The first kappa shape index (κ1) is 78.5. The van der Waals surface area contributed by atoms with E-state index < -0.39 is 6.10 Å². The van der Waals surface area contributed by atoms with Crippen molar-refractivity contribution in [3.63, 3.8) is 0 Å². The molecule has 6 heteroatoms. The first-order valence-corrected chi connectivity index (χ1v) is 34.7. The van der Waals surface area contributed by atoms with Gasteiger partial charge < -0.3 is 14.2 Å². The Kier molecular flexibility index (Phi) is 66.3. The number of ether oxygens (including phenoxy) is 3. The molecule has 0 heterocycles. The van der Waals surface area contributed by atoms with Crippen LogP contribution in [0.1, 0.15) is 316 Å². The van der Waals surface area contributed by atoms with Gasteiger partial charge in [0.05, 0.1) is 0 Å². The molecule has 0 N–H and O–H groups in total. The second-order valence-corrected chi connectivity index (χ2v) is 22.7. The minimum atomic E-state index is -0.811. The third-order valence-electron chi connectivity index (χ3n) is 14.6. The Labute approximate surface area is 513 Å². The van der Waals surface area contributed by atoms with Gasteiger partial charge in [0.1, 0.15) is 13.2 Å². The van der Waals surface area contributed by atoms with Crippen molar-refractivity contribution in [2.45, 2.75) is 322 Å². The molecule has 0 saturated heterocycles. The molecule has 0 fully saturated rings. The van der Waals surface area contributed by atoms with Crippen molar-refractivity contribution >= 4 is 17.9 Å². The van der Waals surface area contributed by atoms with Crippen molar-refractivity contribution in [3.8, 4) is 0 Å². The van der Waals surface area contributed by atoms with E-state index in [0.717, 1.165) is 116 Å². The minimum absolute atomic E-state index is 0.0998. The summed E-state index contributed by atoms with van der Waals surface area (Å²) >= 11 is 0. The van der Waals surface area contributed by atoms with Gasteiger partial charge in [0.2, 0.25) is 0 Å². The molecule has 0 aliphatic heterocycles. The largest absolute Gasteiger partial charge is 0.462 e.